The van der Waals surface area contributed by atoms with Gasteiger partial charge in [0.25, 0.3) is 10.2 Å². The normalized spacial score (nSPS) is 13.4. The summed E-state index contributed by atoms with van der Waals surface area (Å²) in [6.07, 6.45) is 0. The fraction of sp³-hybridized carbons (Fsp3) is 0.400. The lowest BCUT2D eigenvalue weighted by Gasteiger charge is -2.16. The summed E-state index contributed by atoms with van der Waals surface area (Å²) in [5, 5.41) is 3.07. The highest BCUT2D eigenvalue weighted by Gasteiger charge is 2.12. The zero-order chi connectivity index (χ0) is 12.2. The van der Waals surface area contributed by atoms with Crippen LogP contribution in [0.2, 0.25) is 0 Å². The lowest BCUT2D eigenvalue weighted by Crippen LogP contribution is -2.27. The maximum Gasteiger partial charge on any atom is 0.298 e. The van der Waals surface area contributed by atoms with E-state index in [2.05, 4.69) is 14.8 Å². The van der Waals surface area contributed by atoms with Crippen LogP contribution in [0, 0.1) is 0 Å². The van der Waals surface area contributed by atoms with E-state index in [1.165, 1.54) is 7.05 Å². The molecular weight excluding hydrogens is 226 g/mol. The molecule has 0 aliphatic rings. The van der Waals surface area contributed by atoms with Crippen molar-refractivity contribution < 1.29 is 8.42 Å². The third-order valence-electron chi connectivity index (χ3n) is 2.37. The molecule has 0 aliphatic carbocycles. The van der Waals surface area contributed by atoms with Gasteiger partial charge in [-0.3, -0.25) is 4.72 Å². The van der Waals surface area contributed by atoms with Crippen LogP contribution in [0.3, 0.4) is 0 Å². The Kier molecular flexibility index (Phi) is 4.28. The summed E-state index contributed by atoms with van der Waals surface area (Å²) in [5.41, 5.74) is 1.49. The Hall–Kier alpha value is -1.11. The Morgan fingerprint density at radius 3 is 2.38 bits per heavy atom. The highest BCUT2D eigenvalue weighted by atomic mass is 32.2. The Bertz CT molecular complexity index is 445. The lowest BCUT2D eigenvalue weighted by molar-refractivity contribution is 0.593. The SMILES string of the molecule is CNC(C)c1ccccc1NS(=O)(=O)NC. The summed E-state index contributed by atoms with van der Waals surface area (Å²) in [6.45, 7) is 1.96. The van der Waals surface area contributed by atoms with Gasteiger partial charge in [-0.25, -0.2) is 4.72 Å². The van der Waals surface area contributed by atoms with Gasteiger partial charge in [-0.2, -0.15) is 8.42 Å². The number of anilines is 1. The quantitative estimate of drug-likeness (QED) is 0.718. The summed E-state index contributed by atoms with van der Waals surface area (Å²) < 4.78 is 27.5. The van der Waals surface area contributed by atoms with E-state index in [-0.39, 0.29) is 6.04 Å². The number of hydrogen-bond donors (Lipinski definition) is 3. The lowest BCUT2D eigenvalue weighted by atomic mass is 10.1. The second-order valence-electron chi connectivity index (χ2n) is 3.41. The second kappa shape index (κ2) is 5.29. The number of hydrogen-bond acceptors (Lipinski definition) is 3. The highest BCUT2D eigenvalue weighted by molar-refractivity contribution is 7.90. The summed E-state index contributed by atoms with van der Waals surface area (Å²) in [7, 11) is -0.270. The van der Waals surface area contributed by atoms with Crippen molar-refractivity contribution in [2.75, 3.05) is 18.8 Å². The Balaban J connectivity index is 3.05. The molecule has 1 unspecified atom stereocenters. The Morgan fingerprint density at radius 2 is 1.81 bits per heavy atom. The average molecular weight is 243 g/mol. The van der Waals surface area contributed by atoms with Crippen molar-refractivity contribution in [3.63, 3.8) is 0 Å². The van der Waals surface area contributed by atoms with E-state index in [1.54, 1.807) is 12.1 Å². The molecule has 0 bridgehead atoms. The molecule has 0 aromatic heterocycles. The van der Waals surface area contributed by atoms with E-state index in [1.807, 2.05) is 26.1 Å². The number of rotatable bonds is 5. The van der Waals surface area contributed by atoms with E-state index >= 15 is 0 Å². The number of nitrogens with one attached hydrogen (secondary N) is 3. The molecular formula is C10H17N3O2S. The van der Waals surface area contributed by atoms with Gasteiger partial charge in [-0.15, -0.1) is 0 Å². The van der Waals surface area contributed by atoms with Crippen molar-refractivity contribution in [1.29, 1.82) is 0 Å². The largest absolute Gasteiger partial charge is 0.313 e. The molecule has 16 heavy (non-hydrogen) atoms. The predicted molar refractivity (Wildman–Crippen MR) is 65.5 cm³/mol. The first-order valence-corrected chi connectivity index (χ1v) is 6.46. The van der Waals surface area contributed by atoms with Crippen molar-refractivity contribution in [3.8, 4) is 0 Å². The average Bonchev–Trinajstić information content (AvgIpc) is 2.28. The minimum absolute atomic E-state index is 0.0794. The molecule has 90 valence electrons. The van der Waals surface area contributed by atoms with Crippen LogP contribution in [-0.2, 0) is 10.2 Å². The zero-order valence-corrected chi connectivity index (χ0v) is 10.4. The van der Waals surface area contributed by atoms with Crippen LogP contribution in [0.5, 0.6) is 0 Å². The molecule has 0 radical (unpaired) electrons. The van der Waals surface area contributed by atoms with Crippen LogP contribution in [0.15, 0.2) is 24.3 Å². The van der Waals surface area contributed by atoms with Gasteiger partial charge < -0.3 is 5.32 Å². The van der Waals surface area contributed by atoms with Gasteiger partial charge in [0.15, 0.2) is 0 Å². The molecule has 1 rings (SSSR count). The predicted octanol–water partition coefficient (Wildman–Crippen LogP) is 0.843. The molecule has 1 aromatic carbocycles. The number of benzene rings is 1. The van der Waals surface area contributed by atoms with Crippen LogP contribution in [-0.4, -0.2) is 22.5 Å². The van der Waals surface area contributed by atoms with E-state index in [4.69, 9.17) is 0 Å². The highest BCUT2D eigenvalue weighted by Crippen LogP contribution is 2.22. The second-order valence-corrected chi connectivity index (χ2v) is 5.03. The smallest absolute Gasteiger partial charge is 0.298 e. The molecule has 0 saturated carbocycles. The molecule has 0 fully saturated rings. The third-order valence-corrected chi connectivity index (χ3v) is 3.40. The maximum absolute atomic E-state index is 11.4. The van der Waals surface area contributed by atoms with E-state index in [0.717, 1.165) is 5.56 Å². The monoisotopic (exact) mass is 243 g/mol. The van der Waals surface area contributed by atoms with E-state index in [0.29, 0.717) is 5.69 Å². The fourth-order valence-corrected chi connectivity index (χ4v) is 1.90. The van der Waals surface area contributed by atoms with Crippen molar-refractivity contribution in [3.05, 3.63) is 29.8 Å². The topological polar surface area (TPSA) is 70.2 Å². The first-order valence-electron chi connectivity index (χ1n) is 4.97. The van der Waals surface area contributed by atoms with Gasteiger partial charge >= 0.3 is 0 Å². The Labute approximate surface area is 96.4 Å². The standard InChI is InChI=1S/C10H17N3O2S/c1-8(11-2)9-6-4-5-7-10(9)13-16(14,15)12-3/h4-8,11-13H,1-3H3. The van der Waals surface area contributed by atoms with Crippen LogP contribution >= 0.6 is 0 Å². The molecule has 0 heterocycles. The van der Waals surface area contributed by atoms with Gasteiger partial charge in [-0.05, 0) is 25.6 Å². The first kappa shape index (κ1) is 13.0. The summed E-state index contributed by atoms with van der Waals surface area (Å²) in [5.74, 6) is 0. The van der Waals surface area contributed by atoms with E-state index < -0.39 is 10.2 Å². The molecule has 1 aromatic rings. The molecule has 0 aliphatic heterocycles. The summed E-state index contributed by atoms with van der Waals surface area (Å²) in [4.78, 5) is 0. The van der Waals surface area contributed by atoms with Crippen LogP contribution in [0.4, 0.5) is 5.69 Å². The molecule has 5 nitrogen and oxygen atoms in total. The third kappa shape index (κ3) is 3.19. The molecule has 0 amide bonds. The minimum atomic E-state index is -3.46. The summed E-state index contributed by atoms with van der Waals surface area (Å²) >= 11 is 0. The Morgan fingerprint density at radius 1 is 1.19 bits per heavy atom. The van der Waals surface area contributed by atoms with Crippen LogP contribution in [0.1, 0.15) is 18.5 Å². The van der Waals surface area contributed by atoms with E-state index in [9.17, 15) is 8.42 Å². The van der Waals surface area contributed by atoms with Crippen molar-refractivity contribution in [2.24, 2.45) is 0 Å². The van der Waals surface area contributed by atoms with Crippen LogP contribution in [0.25, 0.3) is 0 Å². The molecule has 0 saturated heterocycles. The fourth-order valence-electron chi connectivity index (χ4n) is 1.32. The van der Waals surface area contributed by atoms with Gasteiger partial charge in [0.05, 0.1) is 5.69 Å². The minimum Gasteiger partial charge on any atom is -0.313 e. The van der Waals surface area contributed by atoms with Crippen LogP contribution < -0.4 is 14.8 Å². The van der Waals surface area contributed by atoms with Crippen molar-refractivity contribution in [1.82, 2.24) is 10.0 Å². The van der Waals surface area contributed by atoms with Crippen molar-refractivity contribution in [2.45, 2.75) is 13.0 Å². The molecule has 6 heteroatoms. The van der Waals surface area contributed by atoms with Gasteiger partial charge in [0, 0.05) is 13.1 Å². The van der Waals surface area contributed by atoms with Crippen molar-refractivity contribution >= 4 is 15.9 Å². The van der Waals surface area contributed by atoms with Gasteiger partial charge in [-0.1, -0.05) is 18.2 Å². The van der Waals surface area contributed by atoms with Gasteiger partial charge in [0.2, 0.25) is 0 Å². The first-order chi connectivity index (χ1) is 7.50. The van der Waals surface area contributed by atoms with Gasteiger partial charge in [0.1, 0.15) is 0 Å². The zero-order valence-electron chi connectivity index (χ0n) is 9.61. The maximum atomic E-state index is 11.4. The summed E-state index contributed by atoms with van der Waals surface area (Å²) in [6, 6.07) is 7.36. The molecule has 1 atom stereocenters. The number of para-hydroxylation sites is 1. The molecule has 3 N–H and O–H groups in total. The molecule has 0 spiro atoms.